The lowest BCUT2D eigenvalue weighted by atomic mass is 10.1. The Morgan fingerprint density at radius 2 is 2.04 bits per heavy atom. The smallest absolute Gasteiger partial charge is 0.252 e. The standard InChI is InChI=1S/C17H21N5O3/c1-3-24-14-6-5-13(9-15(14)25-4-2)7-8-19-17(23)11-22-12-20-16(10-18)21-22/h5-6,9,12H,3-4,7-8,11H2,1-2H3,(H,19,23). The fraction of sp³-hybridized carbons (Fsp3) is 0.412. The number of ether oxygens (including phenoxy) is 2. The monoisotopic (exact) mass is 343 g/mol. The molecule has 0 spiro atoms. The van der Waals surface area contributed by atoms with Crippen LogP contribution in [0.4, 0.5) is 0 Å². The fourth-order valence-electron chi connectivity index (χ4n) is 2.22. The Bertz CT molecular complexity index is 751. The average molecular weight is 343 g/mol. The second-order valence-corrected chi connectivity index (χ2v) is 5.12. The van der Waals surface area contributed by atoms with Gasteiger partial charge in [0.25, 0.3) is 5.82 Å². The molecule has 0 aliphatic heterocycles. The summed E-state index contributed by atoms with van der Waals surface area (Å²) in [7, 11) is 0. The van der Waals surface area contributed by atoms with Crippen molar-refractivity contribution in [1.29, 1.82) is 5.26 Å². The third-order valence-corrected chi connectivity index (χ3v) is 3.29. The van der Waals surface area contributed by atoms with Gasteiger partial charge in [-0.05, 0) is 38.0 Å². The molecule has 1 N–H and O–H groups in total. The summed E-state index contributed by atoms with van der Waals surface area (Å²) in [5, 5.41) is 15.3. The second kappa shape index (κ2) is 9.27. The summed E-state index contributed by atoms with van der Waals surface area (Å²) in [6.07, 6.45) is 2.03. The zero-order chi connectivity index (χ0) is 18.1. The predicted octanol–water partition coefficient (Wildman–Crippen LogP) is 1.31. The first-order valence-electron chi connectivity index (χ1n) is 8.11. The van der Waals surface area contributed by atoms with Crippen molar-refractivity contribution in [1.82, 2.24) is 20.1 Å². The van der Waals surface area contributed by atoms with Gasteiger partial charge < -0.3 is 14.8 Å². The molecule has 0 aliphatic rings. The number of nitriles is 1. The number of aromatic nitrogens is 3. The normalized spacial score (nSPS) is 10.1. The third kappa shape index (κ3) is 5.49. The molecule has 8 heteroatoms. The largest absolute Gasteiger partial charge is 0.490 e. The number of rotatable bonds is 9. The first-order valence-corrected chi connectivity index (χ1v) is 8.11. The van der Waals surface area contributed by atoms with E-state index in [1.165, 1.54) is 11.0 Å². The molecule has 0 radical (unpaired) electrons. The molecule has 0 unspecified atom stereocenters. The highest BCUT2D eigenvalue weighted by atomic mass is 16.5. The number of nitrogens with zero attached hydrogens (tertiary/aromatic N) is 4. The molecule has 0 atom stereocenters. The van der Waals surface area contributed by atoms with Crippen LogP contribution in [0.1, 0.15) is 25.2 Å². The van der Waals surface area contributed by atoms with E-state index in [9.17, 15) is 4.79 Å². The Labute approximate surface area is 146 Å². The summed E-state index contributed by atoms with van der Waals surface area (Å²) in [5.41, 5.74) is 1.04. The Morgan fingerprint density at radius 1 is 1.28 bits per heavy atom. The number of carbonyl (C=O) groups excluding carboxylic acids is 1. The van der Waals surface area contributed by atoms with Crippen molar-refractivity contribution in [3.8, 4) is 17.6 Å². The lowest BCUT2D eigenvalue weighted by Crippen LogP contribution is -2.29. The minimum atomic E-state index is -0.189. The molecule has 1 amide bonds. The lowest BCUT2D eigenvalue weighted by molar-refractivity contribution is -0.121. The minimum Gasteiger partial charge on any atom is -0.490 e. The van der Waals surface area contributed by atoms with Crippen LogP contribution in [0.15, 0.2) is 24.5 Å². The van der Waals surface area contributed by atoms with Crippen molar-refractivity contribution in [2.24, 2.45) is 0 Å². The first-order chi connectivity index (χ1) is 12.2. The highest BCUT2D eigenvalue weighted by molar-refractivity contribution is 5.75. The molecule has 2 rings (SSSR count). The van der Waals surface area contributed by atoms with E-state index in [1.54, 1.807) is 0 Å². The molecule has 25 heavy (non-hydrogen) atoms. The summed E-state index contributed by atoms with van der Waals surface area (Å²) in [4.78, 5) is 15.6. The van der Waals surface area contributed by atoms with Gasteiger partial charge in [0.15, 0.2) is 11.5 Å². The summed E-state index contributed by atoms with van der Waals surface area (Å²) >= 11 is 0. The van der Waals surface area contributed by atoms with Crippen LogP contribution in [0, 0.1) is 11.3 Å². The SMILES string of the molecule is CCOc1ccc(CCNC(=O)Cn2cnc(C#N)n2)cc1OCC. The number of hydrogen-bond donors (Lipinski definition) is 1. The van der Waals surface area contributed by atoms with Crippen LogP contribution in [-0.4, -0.2) is 40.4 Å². The summed E-state index contributed by atoms with van der Waals surface area (Å²) in [6.45, 7) is 5.49. The quantitative estimate of drug-likeness (QED) is 0.736. The van der Waals surface area contributed by atoms with E-state index >= 15 is 0 Å². The highest BCUT2D eigenvalue weighted by Gasteiger charge is 2.08. The van der Waals surface area contributed by atoms with Crippen molar-refractivity contribution >= 4 is 5.91 Å². The number of nitrogens with one attached hydrogen (secondary N) is 1. The zero-order valence-electron chi connectivity index (χ0n) is 14.4. The van der Waals surface area contributed by atoms with E-state index in [2.05, 4.69) is 15.4 Å². The molecule has 8 nitrogen and oxygen atoms in total. The van der Waals surface area contributed by atoms with E-state index in [0.29, 0.717) is 31.9 Å². The van der Waals surface area contributed by atoms with E-state index < -0.39 is 0 Å². The molecular weight excluding hydrogens is 322 g/mol. The Kier molecular flexibility index (Phi) is 6.77. The topological polar surface area (TPSA) is 102 Å². The van der Waals surface area contributed by atoms with Crippen LogP contribution >= 0.6 is 0 Å². The van der Waals surface area contributed by atoms with Crippen LogP contribution in [0.25, 0.3) is 0 Å². The molecule has 0 bridgehead atoms. The van der Waals surface area contributed by atoms with Crippen molar-refractivity contribution in [2.75, 3.05) is 19.8 Å². The maximum Gasteiger partial charge on any atom is 0.252 e. The molecule has 0 saturated heterocycles. The summed E-state index contributed by atoms with van der Waals surface area (Å²) < 4.78 is 12.5. The molecule has 2 aromatic rings. The van der Waals surface area contributed by atoms with Crippen LogP contribution in [-0.2, 0) is 17.8 Å². The Morgan fingerprint density at radius 3 is 2.72 bits per heavy atom. The summed E-state index contributed by atoms with van der Waals surface area (Å²) in [5.74, 6) is 1.28. The molecule has 132 valence electrons. The Hall–Kier alpha value is -3.08. The van der Waals surface area contributed by atoms with E-state index in [0.717, 1.165) is 11.3 Å². The van der Waals surface area contributed by atoms with Crippen molar-refractivity contribution in [3.05, 3.63) is 35.9 Å². The zero-order valence-corrected chi connectivity index (χ0v) is 14.4. The van der Waals surface area contributed by atoms with Crippen LogP contribution < -0.4 is 14.8 Å². The molecule has 1 aromatic heterocycles. The molecular formula is C17H21N5O3. The van der Waals surface area contributed by atoms with E-state index in [1.807, 2.05) is 38.1 Å². The predicted molar refractivity (Wildman–Crippen MR) is 90.2 cm³/mol. The van der Waals surface area contributed by atoms with Gasteiger partial charge in [-0.15, -0.1) is 5.10 Å². The number of benzene rings is 1. The van der Waals surface area contributed by atoms with Gasteiger partial charge in [-0.25, -0.2) is 9.67 Å². The van der Waals surface area contributed by atoms with Gasteiger partial charge >= 0.3 is 0 Å². The van der Waals surface area contributed by atoms with Gasteiger partial charge in [-0.2, -0.15) is 5.26 Å². The van der Waals surface area contributed by atoms with Crippen molar-refractivity contribution < 1.29 is 14.3 Å². The molecule has 0 fully saturated rings. The van der Waals surface area contributed by atoms with Gasteiger partial charge in [0.1, 0.15) is 18.9 Å². The van der Waals surface area contributed by atoms with Gasteiger partial charge in [-0.1, -0.05) is 6.07 Å². The summed E-state index contributed by atoms with van der Waals surface area (Å²) in [6, 6.07) is 7.58. The highest BCUT2D eigenvalue weighted by Crippen LogP contribution is 2.28. The average Bonchev–Trinajstić information content (AvgIpc) is 3.05. The van der Waals surface area contributed by atoms with Crippen LogP contribution in [0.2, 0.25) is 0 Å². The van der Waals surface area contributed by atoms with E-state index in [-0.39, 0.29) is 18.3 Å². The number of hydrogen-bond acceptors (Lipinski definition) is 6. The minimum absolute atomic E-state index is 0.0299. The van der Waals surface area contributed by atoms with Gasteiger partial charge in [-0.3, -0.25) is 4.79 Å². The first kappa shape index (κ1) is 18.3. The molecule has 0 saturated carbocycles. The second-order valence-electron chi connectivity index (χ2n) is 5.12. The molecule has 1 aromatic carbocycles. The van der Waals surface area contributed by atoms with Gasteiger partial charge in [0.05, 0.1) is 13.2 Å². The number of carbonyl (C=O) groups is 1. The third-order valence-electron chi connectivity index (χ3n) is 3.29. The van der Waals surface area contributed by atoms with E-state index in [4.69, 9.17) is 14.7 Å². The van der Waals surface area contributed by atoms with Crippen molar-refractivity contribution in [3.63, 3.8) is 0 Å². The lowest BCUT2D eigenvalue weighted by Gasteiger charge is -2.12. The van der Waals surface area contributed by atoms with Gasteiger partial charge in [0, 0.05) is 6.54 Å². The molecule has 1 heterocycles. The Balaban J connectivity index is 1.85. The maximum absolute atomic E-state index is 11.9. The molecule has 0 aliphatic carbocycles. The maximum atomic E-state index is 11.9. The van der Waals surface area contributed by atoms with Crippen LogP contribution in [0.3, 0.4) is 0 Å². The van der Waals surface area contributed by atoms with Crippen molar-refractivity contribution in [2.45, 2.75) is 26.8 Å². The van der Waals surface area contributed by atoms with Crippen LogP contribution in [0.5, 0.6) is 11.5 Å². The van der Waals surface area contributed by atoms with Gasteiger partial charge in [0.2, 0.25) is 5.91 Å². The fourth-order valence-corrected chi connectivity index (χ4v) is 2.22. The number of amides is 1.